The molecule has 0 aliphatic rings. The van der Waals surface area contributed by atoms with Gasteiger partial charge < -0.3 is 5.11 Å². The normalized spacial score (nSPS) is 13.2. The summed E-state index contributed by atoms with van der Waals surface area (Å²) in [5.74, 6) is -0.805. The second kappa shape index (κ2) is 5.32. The first-order valence-electron chi connectivity index (χ1n) is 5.80. The molecule has 1 aromatic rings. The first-order valence-corrected chi connectivity index (χ1v) is 9.00. The molecule has 92 valence electrons. The molecule has 0 aliphatic carbocycles. The fourth-order valence-corrected chi connectivity index (χ4v) is 4.86. The van der Waals surface area contributed by atoms with Crippen molar-refractivity contribution >= 4 is 19.2 Å². The van der Waals surface area contributed by atoms with Gasteiger partial charge >= 0.3 is 5.97 Å². The average Bonchev–Trinajstić information content (AvgIpc) is 2.28. The topological polar surface area (TPSA) is 37.3 Å². The zero-order valence-electron chi connectivity index (χ0n) is 10.9. The van der Waals surface area contributed by atoms with Crippen LogP contribution in [0, 0.1) is 0 Å². The van der Waals surface area contributed by atoms with E-state index in [9.17, 15) is 4.79 Å². The molecule has 3 heteroatoms. The van der Waals surface area contributed by atoms with Crippen molar-refractivity contribution in [1.82, 2.24) is 0 Å². The second-order valence-corrected chi connectivity index (χ2v) is 9.84. The van der Waals surface area contributed by atoms with E-state index in [1.54, 1.807) is 6.92 Å². The molecule has 1 rings (SSSR count). The molecule has 0 saturated heterocycles. The Morgan fingerprint density at radius 2 is 1.71 bits per heavy atom. The minimum atomic E-state index is -1.57. The summed E-state index contributed by atoms with van der Waals surface area (Å²) in [6.07, 6.45) is 0. The van der Waals surface area contributed by atoms with Gasteiger partial charge in [-0.1, -0.05) is 54.2 Å². The number of carboxylic acids is 1. The maximum atomic E-state index is 10.9. The fraction of sp³-hybridized carbons (Fsp3) is 0.357. The van der Waals surface area contributed by atoms with Gasteiger partial charge in [0.05, 0.1) is 8.07 Å². The lowest BCUT2D eigenvalue weighted by atomic mass is 10.2. The number of carboxylic acid groups (broad SMARTS) is 1. The Labute approximate surface area is 104 Å². The van der Waals surface area contributed by atoms with Crippen LogP contribution in [0.15, 0.2) is 41.5 Å². The van der Waals surface area contributed by atoms with Crippen LogP contribution in [0.3, 0.4) is 0 Å². The van der Waals surface area contributed by atoms with Crippen LogP contribution in [-0.2, 0) is 4.79 Å². The number of carbonyl (C=O) groups is 1. The monoisotopic (exact) mass is 248 g/mol. The number of rotatable bonds is 4. The van der Waals surface area contributed by atoms with Crippen LogP contribution in [0.5, 0.6) is 0 Å². The summed E-state index contributed by atoms with van der Waals surface area (Å²) in [6.45, 7) is 8.18. The largest absolute Gasteiger partial charge is 0.478 e. The van der Waals surface area contributed by atoms with Gasteiger partial charge in [-0.2, -0.15) is 0 Å². The molecule has 0 heterocycles. The van der Waals surface area contributed by atoms with Gasteiger partial charge in [-0.25, -0.2) is 4.79 Å². The van der Waals surface area contributed by atoms with Crippen LogP contribution in [0.4, 0.5) is 0 Å². The highest BCUT2D eigenvalue weighted by Gasteiger charge is 2.24. The van der Waals surface area contributed by atoms with Crippen LogP contribution < -0.4 is 5.19 Å². The van der Waals surface area contributed by atoms with E-state index in [2.05, 4.69) is 25.2 Å². The third-order valence-corrected chi connectivity index (χ3v) is 6.53. The predicted molar refractivity (Wildman–Crippen MR) is 74.4 cm³/mol. The Bertz CT molecular complexity index is 433. The summed E-state index contributed by atoms with van der Waals surface area (Å²) in [5, 5.41) is 10.4. The Balaban J connectivity index is 2.95. The fourth-order valence-electron chi connectivity index (χ4n) is 1.97. The lowest BCUT2D eigenvalue weighted by Gasteiger charge is -2.24. The van der Waals surface area contributed by atoms with Crippen molar-refractivity contribution in [2.75, 3.05) is 0 Å². The van der Waals surface area contributed by atoms with E-state index < -0.39 is 14.0 Å². The molecule has 1 aromatic carbocycles. The van der Waals surface area contributed by atoms with Gasteiger partial charge in [0.15, 0.2) is 0 Å². The van der Waals surface area contributed by atoms with E-state index in [0.29, 0.717) is 5.57 Å². The molecule has 1 N–H and O–H groups in total. The lowest BCUT2D eigenvalue weighted by molar-refractivity contribution is -0.132. The predicted octanol–water partition coefficient (Wildman–Crippen LogP) is 3.02. The van der Waals surface area contributed by atoms with Crippen molar-refractivity contribution in [3.8, 4) is 0 Å². The van der Waals surface area contributed by atoms with E-state index in [4.69, 9.17) is 5.11 Å². The van der Waals surface area contributed by atoms with Crippen molar-refractivity contribution in [2.45, 2.75) is 33.0 Å². The minimum absolute atomic E-state index is 0.488. The number of benzene rings is 1. The Kier molecular flexibility index (Phi) is 4.29. The van der Waals surface area contributed by atoms with Crippen LogP contribution in [-0.4, -0.2) is 19.1 Å². The molecular formula is C14H20O2Si. The number of hydrogen-bond acceptors (Lipinski definition) is 1. The van der Waals surface area contributed by atoms with Gasteiger partial charge in [0.25, 0.3) is 0 Å². The highest BCUT2D eigenvalue weighted by Crippen LogP contribution is 2.19. The van der Waals surface area contributed by atoms with Gasteiger partial charge in [-0.05, 0) is 19.9 Å². The molecule has 0 aromatic heterocycles. The summed E-state index contributed by atoms with van der Waals surface area (Å²) in [4.78, 5) is 10.9. The van der Waals surface area contributed by atoms with E-state index in [0.717, 1.165) is 11.6 Å². The van der Waals surface area contributed by atoms with E-state index in [1.807, 2.05) is 25.1 Å². The van der Waals surface area contributed by atoms with E-state index in [1.165, 1.54) is 5.19 Å². The molecular weight excluding hydrogens is 228 g/mol. The molecule has 0 fully saturated rings. The summed E-state index contributed by atoms with van der Waals surface area (Å²) in [7, 11) is -1.57. The second-order valence-electron chi connectivity index (χ2n) is 5.14. The minimum Gasteiger partial charge on any atom is -0.478 e. The van der Waals surface area contributed by atoms with Crippen LogP contribution in [0.2, 0.25) is 19.1 Å². The standard InChI is InChI=1S/C14H20O2Si/c1-11(12(2)14(15)16)10-17(3,4)13-8-6-5-7-9-13/h5-9H,10H2,1-4H3,(H,15,16)/b12-11+. The highest BCUT2D eigenvalue weighted by molar-refractivity contribution is 6.90. The Hall–Kier alpha value is -1.35. The molecule has 0 amide bonds. The van der Waals surface area contributed by atoms with Gasteiger partial charge in [0.2, 0.25) is 0 Å². The van der Waals surface area contributed by atoms with Gasteiger partial charge in [-0.3, -0.25) is 0 Å². The van der Waals surface area contributed by atoms with Crippen LogP contribution in [0.1, 0.15) is 13.8 Å². The maximum Gasteiger partial charge on any atom is 0.331 e. The van der Waals surface area contributed by atoms with Gasteiger partial charge in [0, 0.05) is 5.57 Å². The van der Waals surface area contributed by atoms with Crippen molar-refractivity contribution in [3.63, 3.8) is 0 Å². The van der Waals surface area contributed by atoms with Crippen molar-refractivity contribution in [3.05, 3.63) is 41.5 Å². The maximum absolute atomic E-state index is 10.9. The first kappa shape index (κ1) is 13.7. The number of aliphatic carboxylic acids is 1. The van der Waals surface area contributed by atoms with Crippen molar-refractivity contribution in [1.29, 1.82) is 0 Å². The summed E-state index contributed by atoms with van der Waals surface area (Å²) in [6, 6.07) is 11.3. The third-order valence-electron chi connectivity index (χ3n) is 3.22. The molecule has 0 atom stereocenters. The average molecular weight is 248 g/mol. The molecule has 17 heavy (non-hydrogen) atoms. The lowest BCUT2D eigenvalue weighted by Crippen LogP contribution is -2.41. The summed E-state index contributed by atoms with van der Waals surface area (Å²) in [5.41, 5.74) is 1.49. The molecule has 0 unspecified atom stereocenters. The smallest absolute Gasteiger partial charge is 0.331 e. The SMILES string of the molecule is C/C(C[Si](C)(C)c1ccccc1)=C(/C)C(=O)O. The highest BCUT2D eigenvalue weighted by atomic mass is 28.3. The Morgan fingerprint density at radius 3 is 2.18 bits per heavy atom. The third kappa shape index (κ3) is 3.56. The quantitative estimate of drug-likeness (QED) is 0.657. The van der Waals surface area contributed by atoms with Crippen LogP contribution in [0.25, 0.3) is 0 Å². The molecule has 0 saturated carbocycles. The van der Waals surface area contributed by atoms with Crippen molar-refractivity contribution in [2.24, 2.45) is 0 Å². The molecule has 0 spiro atoms. The molecule has 0 radical (unpaired) electrons. The first-order chi connectivity index (χ1) is 7.84. The van der Waals surface area contributed by atoms with Crippen molar-refractivity contribution < 1.29 is 9.90 Å². The van der Waals surface area contributed by atoms with Gasteiger partial charge in [-0.15, -0.1) is 0 Å². The Morgan fingerprint density at radius 1 is 1.18 bits per heavy atom. The summed E-state index contributed by atoms with van der Waals surface area (Å²) < 4.78 is 0. The summed E-state index contributed by atoms with van der Waals surface area (Å²) >= 11 is 0. The van der Waals surface area contributed by atoms with E-state index >= 15 is 0 Å². The zero-order chi connectivity index (χ0) is 13.1. The zero-order valence-corrected chi connectivity index (χ0v) is 11.9. The number of hydrogen-bond donors (Lipinski definition) is 1. The van der Waals surface area contributed by atoms with E-state index in [-0.39, 0.29) is 0 Å². The molecule has 0 bridgehead atoms. The molecule has 0 aliphatic heterocycles. The number of allylic oxidation sites excluding steroid dienone is 1. The molecule has 2 nitrogen and oxygen atoms in total. The van der Waals surface area contributed by atoms with Crippen LogP contribution >= 0.6 is 0 Å². The van der Waals surface area contributed by atoms with Gasteiger partial charge in [0.1, 0.15) is 0 Å².